The van der Waals surface area contributed by atoms with Gasteiger partial charge in [-0.2, -0.15) is 0 Å². The molecule has 10 heteroatoms. The van der Waals surface area contributed by atoms with Gasteiger partial charge in [0.2, 0.25) is 11.9 Å². The molecule has 4 rings (SSSR count). The molecule has 0 bridgehead atoms. The number of carbonyl (C=O) groups is 2. The Morgan fingerprint density at radius 2 is 2.00 bits per heavy atom. The van der Waals surface area contributed by atoms with Crippen molar-refractivity contribution in [2.75, 3.05) is 14.1 Å². The van der Waals surface area contributed by atoms with Crippen molar-refractivity contribution < 1.29 is 18.6 Å². The van der Waals surface area contributed by atoms with Crippen molar-refractivity contribution in [3.8, 4) is 0 Å². The van der Waals surface area contributed by atoms with Gasteiger partial charge in [-0.25, -0.2) is 13.8 Å². The van der Waals surface area contributed by atoms with Crippen LogP contribution in [-0.4, -0.2) is 75.0 Å². The normalized spacial score (nSPS) is 24.4. The number of imide groups is 1. The second-order valence-corrected chi connectivity index (χ2v) is 7.39. The van der Waals surface area contributed by atoms with Crippen molar-refractivity contribution in [1.82, 2.24) is 14.8 Å². The number of rotatable bonds is 2. The standard InChI is InChI=1S/C18H19ClFN6O2/c1-9-10(2)26-14-15(21-17(26)24(4)22-9)23(3)18(28)25(16(14)27)8-11-12(19)6-5-7-13(11)20/h5-7,10,14H,8H2,1-4H3/q+1. The van der Waals surface area contributed by atoms with Gasteiger partial charge in [0.15, 0.2) is 0 Å². The number of likely N-dealkylation sites (N-methyl/N-ethyl adjacent to an activating group) is 1. The number of halogens is 2. The van der Waals surface area contributed by atoms with Crippen LogP contribution in [0.15, 0.2) is 28.3 Å². The molecule has 3 aliphatic heterocycles. The highest BCUT2D eigenvalue weighted by Crippen LogP contribution is 2.28. The summed E-state index contributed by atoms with van der Waals surface area (Å²) in [7, 11) is 3.29. The van der Waals surface area contributed by atoms with Gasteiger partial charge >= 0.3 is 12.0 Å². The molecular formula is C18H19ClFN6O2+. The van der Waals surface area contributed by atoms with Crippen LogP contribution < -0.4 is 0 Å². The minimum Gasteiger partial charge on any atom is -0.270 e. The van der Waals surface area contributed by atoms with Crippen molar-refractivity contribution in [3.05, 3.63) is 34.6 Å². The first-order valence-electron chi connectivity index (χ1n) is 8.77. The predicted molar refractivity (Wildman–Crippen MR) is 102 cm³/mol. The Morgan fingerprint density at radius 3 is 2.68 bits per heavy atom. The molecule has 1 fully saturated rings. The topological polar surface area (TPSA) is 71.6 Å². The van der Waals surface area contributed by atoms with Crippen LogP contribution >= 0.6 is 11.6 Å². The fraction of sp³-hybridized carbons (Fsp3) is 0.389. The van der Waals surface area contributed by atoms with E-state index in [2.05, 4.69) is 10.1 Å². The second kappa shape index (κ2) is 6.37. The summed E-state index contributed by atoms with van der Waals surface area (Å²) in [6.07, 6.45) is 0. The second-order valence-electron chi connectivity index (χ2n) is 6.99. The van der Waals surface area contributed by atoms with Gasteiger partial charge in [0.1, 0.15) is 11.9 Å². The Morgan fingerprint density at radius 1 is 1.29 bits per heavy atom. The molecule has 146 valence electrons. The lowest BCUT2D eigenvalue weighted by atomic mass is 10.1. The average Bonchev–Trinajstić information content (AvgIpc) is 3.05. The van der Waals surface area contributed by atoms with Gasteiger partial charge in [-0.15, -0.1) is 10.1 Å². The average molecular weight is 406 g/mol. The zero-order valence-corrected chi connectivity index (χ0v) is 16.6. The van der Waals surface area contributed by atoms with Gasteiger partial charge in [0.05, 0.1) is 19.3 Å². The molecule has 3 aliphatic rings. The molecule has 0 saturated carbocycles. The number of amidine groups is 1. The number of nitrogens with zero attached hydrogens (tertiary/aromatic N) is 6. The number of benzene rings is 1. The molecule has 0 aromatic heterocycles. The number of amides is 3. The lowest BCUT2D eigenvalue weighted by molar-refractivity contribution is -0.558. The van der Waals surface area contributed by atoms with Crippen molar-refractivity contribution in [3.63, 3.8) is 0 Å². The van der Waals surface area contributed by atoms with Crippen molar-refractivity contribution in [1.29, 1.82) is 0 Å². The van der Waals surface area contributed by atoms with Gasteiger partial charge < -0.3 is 0 Å². The van der Waals surface area contributed by atoms with E-state index in [4.69, 9.17) is 11.6 Å². The first-order valence-corrected chi connectivity index (χ1v) is 9.14. The fourth-order valence-electron chi connectivity index (χ4n) is 3.66. The van der Waals surface area contributed by atoms with Gasteiger partial charge in [-0.05, 0) is 26.0 Å². The number of urea groups is 1. The maximum Gasteiger partial charge on any atom is 0.416 e. The van der Waals surface area contributed by atoms with Crippen LogP contribution in [0, 0.1) is 5.82 Å². The van der Waals surface area contributed by atoms with Crippen LogP contribution in [-0.2, 0) is 11.3 Å². The highest BCUT2D eigenvalue weighted by molar-refractivity contribution is 6.31. The van der Waals surface area contributed by atoms with Crippen molar-refractivity contribution in [2.24, 2.45) is 10.1 Å². The molecule has 1 saturated heterocycles. The fourth-order valence-corrected chi connectivity index (χ4v) is 3.88. The summed E-state index contributed by atoms with van der Waals surface area (Å²) in [4.78, 5) is 33.0. The minimum absolute atomic E-state index is 0.100. The molecule has 1 aromatic rings. The van der Waals surface area contributed by atoms with Crippen LogP contribution in [0.3, 0.4) is 0 Å². The quantitative estimate of drug-likeness (QED) is 0.703. The van der Waals surface area contributed by atoms with Crippen LogP contribution in [0.5, 0.6) is 0 Å². The summed E-state index contributed by atoms with van der Waals surface area (Å²) in [5, 5.41) is 6.16. The lowest BCUT2D eigenvalue weighted by Gasteiger charge is -2.35. The van der Waals surface area contributed by atoms with Crippen LogP contribution in [0.4, 0.5) is 9.18 Å². The molecule has 8 nitrogen and oxygen atoms in total. The smallest absolute Gasteiger partial charge is 0.270 e. The SMILES string of the molecule is CC1=NN(C)C2=[N+](C1C)C1C(=O)N(Cc3c(F)cccc3Cl)C(=O)N(C)C1=N2. The Balaban J connectivity index is 1.75. The van der Waals surface area contributed by atoms with Crippen LogP contribution in [0.2, 0.25) is 5.02 Å². The van der Waals surface area contributed by atoms with Gasteiger partial charge in [0.25, 0.3) is 5.91 Å². The van der Waals surface area contributed by atoms with E-state index in [0.717, 1.165) is 10.6 Å². The van der Waals surface area contributed by atoms with E-state index in [1.807, 2.05) is 18.4 Å². The molecule has 0 aliphatic carbocycles. The molecule has 2 atom stereocenters. The van der Waals surface area contributed by atoms with E-state index in [-0.39, 0.29) is 23.2 Å². The monoisotopic (exact) mass is 405 g/mol. The number of carbonyl (C=O) groups excluding carboxylic acids is 2. The summed E-state index contributed by atoms with van der Waals surface area (Å²) in [5.41, 5.74) is 0.919. The summed E-state index contributed by atoms with van der Waals surface area (Å²) in [6, 6.07) is 2.71. The van der Waals surface area contributed by atoms with E-state index in [1.165, 1.54) is 23.1 Å². The Hall–Kier alpha value is -2.81. The third-order valence-corrected chi connectivity index (χ3v) is 5.68. The van der Waals surface area contributed by atoms with Crippen molar-refractivity contribution in [2.45, 2.75) is 32.5 Å². The first kappa shape index (κ1) is 18.5. The van der Waals surface area contributed by atoms with Crippen molar-refractivity contribution >= 4 is 41.0 Å². The van der Waals surface area contributed by atoms with E-state index in [9.17, 15) is 14.0 Å². The number of guanidine groups is 1. The minimum atomic E-state index is -0.786. The summed E-state index contributed by atoms with van der Waals surface area (Å²) in [5.74, 6) is -0.199. The number of hydrazone groups is 1. The Labute approximate surface area is 166 Å². The molecule has 28 heavy (non-hydrogen) atoms. The Kier molecular flexibility index (Phi) is 4.22. The molecule has 3 heterocycles. The molecule has 3 amide bonds. The molecular weight excluding hydrogens is 387 g/mol. The molecule has 0 radical (unpaired) electrons. The number of hydrogen-bond acceptors (Lipinski definition) is 5. The highest BCUT2D eigenvalue weighted by atomic mass is 35.5. The molecule has 0 spiro atoms. The molecule has 0 N–H and O–H groups in total. The predicted octanol–water partition coefficient (Wildman–Crippen LogP) is 1.73. The largest absolute Gasteiger partial charge is 0.416 e. The number of aliphatic imine (C=N–C) groups is 1. The summed E-state index contributed by atoms with van der Waals surface area (Å²) >= 11 is 6.10. The van der Waals surface area contributed by atoms with E-state index < -0.39 is 23.8 Å². The number of hydrogen-bond donors (Lipinski definition) is 0. The van der Waals surface area contributed by atoms with E-state index in [1.54, 1.807) is 19.1 Å². The number of fused-ring (bicyclic) bond motifs is 2. The molecule has 1 aromatic carbocycles. The van der Waals surface area contributed by atoms with E-state index in [0.29, 0.717) is 11.8 Å². The highest BCUT2D eigenvalue weighted by Gasteiger charge is 2.55. The van der Waals surface area contributed by atoms with Gasteiger partial charge in [0, 0.05) is 17.6 Å². The third kappa shape index (κ3) is 2.53. The zero-order valence-electron chi connectivity index (χ0n) is 15.8. The maximum atomic E-state index is 14.3. The van der Waals surface area contributed by atoms with Gasteiger partial charge in [-0.1, -0.05) is 22.7 Å². The first-order chi connectivity index (χ1) is 13.2. The zero-order chi connectivity index (χ0) is 20.3. The van der Waals surface area contributed by atoms with Crippen LogP contribution in [0.25, 0.3) is 0 Å². The summed E-state index contributed by atoms with van der Waals surface area (Å²) < 4.78 is 16.1. The Bertz CT molecular complexity index is 984. The van der Waals surface area contributed by atoms with Gasteiger partial charge in [-0.3, -0.25) is 14.6 Å². The maximum absolute atomic E-state index is 14.3. The van der Waals surface area contributed by atoms with Crippen LogP contribution in [0.1, 0.15) is 19.4 Å². The van der Waals surface area contributed by atoms with E-state index >= 15 is 0 Å². The third-order valence-electron chi connectivity index (χ3n) is 5.33. The lowest BCUT2D eigenvalue weighted by Crippen LogP contribution is -2.64. The summed E-state index contributed by atoms with van der Waals surface area (Å²) in [6.45, 7) is 3.54. The molecule has 2 unspecified atom stereocenters.